The predicted octanol–water partition coefficient (Wildman–Crippen LogP) is 0.152. The fraction of sp³-hybridized carbons (Fsp3) is 0. The number of rotatable bonds is 0. The Bertz CT molecular complexity index is 159. The normalized spacial score (nSPS) is 52.4. The van der Waals surface area contributed by atoms with E-state index in [4.69, 9.17) is 0 Å². The molecule has 2 rings (SSSR count). The zero-order chi connectivity index (χ0) is 3.49. The Morgan fingerprint density at radius 2 is 2.20 bits per heavy atom. The van der Waals surface area contributed by atoms with Crippen LogP contribution in [0.3, 0.4) is 0 Å². The van der Waals surface area contributed by atoms with E-state index in [1.54, 1.807) is 0 Å². The molecule has 0 aromatic heterocycles. The fourth-order valence-corrected chi connectivity index (χ4v) is 1.17. The summed E-state index contributed by atoms with van der Waals surface area (Å²) in [5.74, 6) is 0. The topological polar surface area (TPSA) is 51.4 Å². The summed E-state index contributed by atoms with van der Waals surface area (Å²) in [5.41, 5.74) is 0.748. The lowest BCUT2D eigenvalue weighted by Crippen LogP contribution is -1.72. The van der Waals surface area contributed by atoms with Crippen LogP contribution in [0, 0.1) is 0 Å². The van der Waals surface area contributed by atoms with Crippen molar-refractivity contribution in [3.8, 4) is 0 Å². The minimum atomic E-state index is -1.93. The van der Waals surface area contributed by atoms with E-state index in [2.05, 4.69) is 9.85 Å². The molecule has 0 aromatic rings. The molecule has 1 unspecified atom stereocenters. The first-order chi connectivity index (χ1) is 2.31. The van der Waals surface area contributed by atoms with Crippen LogP contribution in [0.15, 0.2) is 4.76 Å². The average molecular weight is 88.0 g/mol. The smallest absolute Gasteiger partial charge is 0.292 e. The molecule has 0 radical (unpaired) electrons. The van der Waals surface area contributed by atoms with Crippen LogP contribution in [0.1, 0.15) is 0 Å². The van der Waals surface area contributed by atoms with Gasteiger partial charge in [0.25, 0.3) is 0 Å². The lowest BCUT2D eigenvalue weighted by Gasteiger charge is -1.60. The van der Waals surface area contributed by atoms with E-state index < -0.39 is 7.44 Å². The van der Waals surface area contributed by atoms with Gasteiger partial charge in [-0.25, -0.2) is 0 Å². The van der Waals surface area contributed by atoms with Gasteiger partial charge in [0.1, 0.15) is 0 Å². The summed E-state index contributed by atoms with van der Waals surface area (Å²) in [6, 6.07) is 0. The predicted molar refractivity (Wildman–Crippen MR) is 18.2 cm³/mol. The quantitative estimate of drug-likeness (QED) is 0.338. The molecule has 0 amide bonds. The van der Waals surface area contributed by atoms with Crippen molar-refractivity contribution in [1.82, 2.24) is 5.09 Å². The first kappa shape index (κ1) is 1.98. The van der Waals surface area contributed by atoms with Crippen molar-refractivity contribution < 1.29 is 4.57 Å². The second-order valence-electron chi connectivity index (χ2n) is 1.11. The number of amidine groups is 1. The number of fused-ring (bicyclic) bond motifs is 1. The molecule has 2 aliphatic heterocycles. The molecule has 2 aliphatic rings. The van der Waals surface area contributed by atoms with Gasteiger partial charge in [0.15, 0.2) is 0 Å². The first-order valence-corrected chi connectivity index (χ1v) is 2.96. The van der Waals surface area contributed by atoms with Gasteiger partial charge in [-0.3, -0.25) is 9.65 Å². The Labute approximate surface area is 28.6 Å². The van der Waals surface area contributed by atoms with Gasteiger partial charge in [0, 0.05) is 0 Å². The lowest BCUT2D eigenvalue weighted by molar-refractivity contribution is 0.590. The van der Waals surface area contributed by atoms with E-state index in [1.807, 2.05) is 0 Å². The second-order valence-corrected chi connectivity index (χ2v) is 3.11. The Morgan fingerprint density at radius 1 is 2.00 bits per heavy atom. The molecule has 0 aromatic carbocycles. The molecular formula is CHN2OP. The zero-order valence-corrected chi connectivity index (χ0v) is 3.20. The van der Waals surface area contributed by atoms with Crippen molar-refractivity contribution in [3.63, 3.8) is 0 Å². The molecule has 5 heavy (non-hydrogen) atoms. The molecule has 2 heterocycles. The number of hydrogen-bond donors (Lipinski definition) is 1. The second kappa shape index (κ2) is 0.236. The molecule has 4 heteroatoms. The van der Waals surface area contributed by atoms with E-state index in [9.17, 15) is 4.57 Å². The van der Waals surface area contributed by atoms with Crippen LogP contribution in [0.5, 0.6) is 0 Å². The van der Waals surface area contributed by atoms with Crippen molar-refractivity contribution in [1.29, 1.82) is 0 Å². The molecule has 0 saturated carbocycles. The maximum atomic E-state index is 10.1. The minimum Gasteiger partial charge on any atom is -0.292 e. The van der Waals surface area contributed by atoms with E-state index >= 15 is 0 Å². The van der Waals surface area contributed by atoms with Gasteiger partial charge in [-0.2, -0.15) is 4.76 Å². The lowest BCUT2D eigenvalue weighted by atomic mass is 11.4. The maximum Gasteiger partial charge on any atom is 0.346 e. The van der Waals surface area contributed by atoms with E-state index in [0.717, 1.165) is 5.58 Å². The van der Waals surface area contributed by atoms with Crippen LogP contribution in [0.4, 0.5) is 0 Å². The highest BCUT2D eigenvalue weighted by atomic mass is 31.2. The first-order valence-electron chi connectivity index (χ1n) is 1.30. The van der Waals surface area contributed by atoms with Gasteiger partial charge in [0.05, 0.1) is 0 Å². The molecule has 1 saturated heterocycles. The van der Waals surface area contributed by atoms with Crippen LogP contribution in [-0.4, -0.2) is 5.58 Å². The third-order valence-corrected chi connectivity index (χ3v) is 2.05. The van der Waals surface area contributed by atoms with Gasteiger partial charge >= 0.3 is 7.44 Å². The highest BCUT2D eigenvalue weighted by Crippen LogP contribution is 2.71. The molecule has 1 N–H and O–H groups in total. The summed E-state index contributed by atoms with van der Waals surface area (Å²) in [6.45, 7) is 0. The Balaban J connectivity index is 2.91. The summed E-state index contributed by atoms with van der Waals surface area (Å²) in [7, 11) is -1.93. The van der Waals surface area contributed by atoms with Crippen molar-refractivity contribution in [2.24, 2.45) is 4.76 Å². The monoisotopic (exact) mass is 88.0 g/mol. The average Bonchev–Trinajstić information content (AvgIpc) is 1.74. The third kappa shape index (κ3) is 0.0781. The highest BCUT2D eigenvalue weighted by Gasteiger charge is 2.60. The van der Waals surface area contributed by atoms with Crippen LogP contribution in [-0.2, 0) is 4.57 Å². The zero-order valence-electron chi connectivity index (χ0n) is 2.30. The third-order valence-electron chi connectivity index (χ3n) is 0.685. The SMILES string of the molecule is O=P12N=C1N2. The van der Waals surface area contributed by atoms with Crippen molar-refractivity contribution >= 4 is 13.0 Å². The molecule has 26 valence electrons. The fourth-order valence-electron chi connectivity index (χ4n) is 0.224. The molecule has 0 spiro atoms. The van der Waals surface area contributed by atoms with Crippen LogP contribution >= 0.6 is 7.44 Å². The van der Waals surface area contributed by atoms with E-state index in [-0.39, 0.29) is 0 Å². The molecule has 1 atom stereocenters. The van der Waals surface area contributed by atoms with Crippen LogP contribution in [0.25, 0.3) is 0 Å². The summed E-state index contributed by atoms with van der Waals surface area (Å²) >= 11 is 0. The molecule has 0 aliphatic carbocycles. The van der Waals surface area contributed by atoms with Gasteiger partial charge in [-0.1, -0.05) is 0 Å². The summed E-state index contributed by atoms with van der Waals surface area (Å²) in [5, 5.41) is 2.58. The minimum absolute atomic E-state index is 0.748. The van der Waals surface area contributed by atoms with Crippen molar-refractivity contribution in [2.45, 2.75) is 0 Å². The van der Waals surface area contributed by atoms with Crippen LogP contribution < -0.4 is 5.09 Å². The van der Waals surface area contributed by atoms with E-state index in [1.165, 1.54) is 0 Å². The number of hydrogen-bond acceptors (Lipinski definition) is 1. The number of nitrogens with one attached hydrogen (secondary N) is 1. The van der Waals surface area contributed by atoms with Crippen molar-refractivity contribution in [3.05, 3.63) is 0 Å². The summed E-state index contributed by atoms with van der Waals surface area (Å²) in [6.07, 6.45) is 0. The Morgan fingerprint density at radius 3 is 2.20 bits per heavy atom. The standard InChI is InChI=1S/CHN2OP/c4-5-1(2-5)3-5/h(H,2,3,4). The van der Waals surface area contributed by atoms with E-state index in [0.29, 0.717) is 0 Å². The van der Waals surface area contributed by atoms with Crippen molar-refractivity contribution in [2.75, 3.05) is 0 Å². The molecule has 3 nitrogen and oxygen atoms in total. The maximum absolute atomic E-state index is 10.1. The molecular weight excluding hydrogens is 87.0 g/mol. The van der Waals surface area contributed by atoms with Gasteiger partial charge in [-0.05, 0) is 0 Å². The number of nitrogens with zero attached hydrogens (tertiary/aromatic N) is 1. The van der Waals surface area contributed by atoms with Gasteiger partial charge in [-0.15, -0.1) is 0 Å². The largest absolute Gasteiger partial charge is 0.346 e. The highest BCUT2D eigenvalue weighted by molar-refractivity contribution is 7.97. The molecule has 0 bridgehead atoms. The van der Waals surface area contributed by atoms with Crippen LogP contribution in [0.2, 0.25) is 0 Å². The Hall–Kier alpha value is -0.300. The summed E-state index contributed by atoms with van der Waals surface area (Å²) < 4.78 is 13.6. The molecule has 1 fully saturated rings. The Kier molecular flexibility index (Phi) is 0.0933. The summed E-state index contributed by atoms with van der Waals surface area (Å²) in [4.78, 5) is 0. The van der Waals surface area contributed by atoms with Gasteiger partial charge < -0.3 is 0 Å². The van der Waals surface area contributed by atoms with Gasteiger partial charge in [0.2, 0.25) is 5.58 Å².